The van der Waals surface area contributed by atoms with Gasteiger partial charge in [-0.25, -0.2) is 0 Å². The molecule has 120 valence electrons. The molecule has 2 saturated carbocycles. The third-order valence-electron chi connectivity index (χ3n) is 7.35. The molecule has 3 aliphatic carbocycles. The predicted molar refractivity (Wildman–Crippen MR) is 95.8 cm³/mol. The molecule has 0 N–H and O–H groups in total. The van der Waals surface area contributed by atoms with E-state index < -0.39 is 5.41 Å². The molecule has 3 aliphatic rings. The van der Waals surface area contributed by atoms with E-state index in [9.17, 15) is 4.79 Å². The summed E-state index contributed by atoms with van der Waals surface area (Å²) in [5, 5.41) is 0. The summed E-state index contributed by atoms with van der Waals surface area (Å²) >= 11 is 0. The highest BCUT2D eigenvalue weighted by atomic mass is 16.1. The molecule has 0 radical (unpaired) electrons. The zero-order valence-corrected chi connectivity index (χ0v) is 14.4. The van der Waals surface area contributed by atoms with Crippen LogP contribution in [0.2, 0.25) is 0 Å². The van der Waals surface area contributed by atoms with E-state index in [0.29, 0.717) is 5.78 Å². The Morgan fingerprint density at radius 3 is 1.92 bits per heavy atom. The van der Waals surface area contributed by atoms with Crippen LogP contribution in [0, 0.1) is 16.7 Å². The number of benzene rings is 2. The van der Waals surface area contributed by atoms with Gasteiger partial charge in [-0.15, -0.1) is 0 Å². The molecule has 2 fully saturated rings. The maximum Gasteiger partial charge on any atom is 0.151 e. The highest BCUT2D eigenvalue weighted by Gasteiger charge is 2.96. The molecule has 0 amide bonds. The molecule has 0 heterocycles. The second-order valence-corrected chi connectivity index (χ2v) is 8.38. The summed E-state index contributed by atoms with van der Waals surface area (Å²) in [6.07, 6.45) is 4.66. The maximum absolute atomic E-state index is 13.8. The van der Waals surface area contributed by atoms with Gasteiger partial charge in [0.25, 0.3) is 0 Å². The molecule has 0 saturated heterocycles. The summed E-state index contributed by atoms with van der Waals surface area (Å²) in [5.41, 5.74) is 1.47. The van der Waals surface area contributed by atoms with Crippen molar-refractivity contribution >= 4 is 5.78 Å². The molecule has 0 bridgehead atoms. The van der Waals surface area contributed by atoms with Crippen molar-refractivity contribution in [1.82, 2.24) is 0 Å². The quantitative estimate of drug-likeness (QED) is 0.736. The monoisotopic (exact) mass is 314 g/mol. The van der Waals surface area contributed by atoms with Crippen LogP contribution in [-0.2, 0) is 15.6 Å². The number of fused-ring (bicyclic) bond motifs is 1. The van der Waals surface area contributed by atoms with Crippen LogP contribution in [0.1, 0.15) is 31.9 Å². The Bertz CT molecular complexity index is 879. The fourth-order valence-corrected chi connectivity index (χ4v) is 6.58. The molecule has 4 atom stereocenters. The van der Waals surface area contributed by atoms with Crippen molar-refractivity contribution in [3.05, 3.63) is 83.9 Å². The van der Waals surface area contributed by atoms with Crippen molar-refractivity contribution in [1.29, 1.82) is 0 Å². The molecule has 24 heavy (non-hydrogen) atoms. The number of carbonyl (C=O) groups excluding carboxylic acids is 1. The first-order valence-electron chi connectivity index (χ1n) is 8.81. The molecule has 2 aromatic carbocycles. The summed E-state index contributed by atoms with van der Waals surface area (Å²) in [6, 6.07) is 21.2. The lowest BCUT2D eigenvalue weighted by molar-refractivity contribution is -0.129. The highest BCUT2D eigenvalue weighted by Crippen LogP contribution is 2.91. The molecule has 1 nitrogen and oxygen atoms in total. The van der Waals surface area contributed by atoms with Gasteiger partial charge in [0.15, 0.2) is 5.78 Å². The molecule has 5 rings (SSSR count). The lowest BCUT2D eigenvalue weighted by atomic mass is 9.70. The van der Waals surface area contributed by atoms with E-state index in [-0.39, 0.29) is 22.2 Å². The first kappa shape index (κ1) is 14.2. The summed E-state index contributed by atoms with van der Waals surface area (Å²) in [5.74, 6) is 0.660. The largest absolute Gasteiger partial charge is 0.298 e. The van der Waals surface area contributed by atoms with Crippen molar-refractivity contribution < 1.29 is 4.79 Å². The Morgan fingerprint density at radius 2 is 1.33 bits per heavy atom. The molecule has 0 aliphatic heterocycles. The SMILES string of the molecule is CC1(C)C(=O)C2(c3ccccc3)C3(C)C=CC1C32c1ccccc1. The van der Waals surface area contributed by atoms with Crippen LogP contribution in [0.25, 0.3) is 0 Å². The minimum Gasteiger partial charge on any atom is -0.298 e. The van der Waals surface area contributed by atoms with Gasteiger partial charge in [0.2, 0.25) is 0 Å². The first-order valence-corrected chi connectivity index (χ1v) is 8.81. The Kier molecular flexibility index (Phi) is 2.31. The van der Waals surface area contributed by atoms with Crippen molar-refractivity contribution in [2.45, 2.75) is 31.6 Å². The molecular weight excluding hydrogens is 292 g/mol. The van der Waals surface area contributed by atoms with Gasteiger partial charge in [-0.05, 0) is 11.1 Å². The zero-order chi connectivity index (χ0) is 16.8. The minimum atomic E-state index is -0.425. The van der Waals surface area contributed by atoms with Gasteiger partial charge in [-0.3, -0.25) is 4.79 Å². The first-order chi connectivity index (χ1) is 11.5. The molecule has 4 unspecified atom stereocenters. The van der Waals surface area contributed by atoms with Crippen molar-refractivity contribution in [2.75, 3.05) is 0 Å². The van der Waals surface area contributed by atoms with Gasteiger partial charge >= 0.3 is 0 Å². The van der Waals surface area contributed by atoms with E-state index in [1.165, 1.54) is 11.1 Å². The number of ketones is 1. The lowest BCUT2D eigenvalue weighted by Crippen LogP contribution is -2.36. The van der Waals surface area contributed by atoms with Gasteiger partial charge < -0.3 is 0 Å². The number of hydrogen-bond donors (Lipinski definition) is 0. The highest BCUT2D eigenvalue weighted by molar-refractivity contribution is 6.08. The second kappa shape index (κ2) is 3.91. The molecule has 0 aromatic heterocycles. The molecule has 2 aromatic rings. The molecule has 0 spiro atoms. The third-order valence-corrected chi connectivity index (χ3v) is 7.35. The predicted octanol–water partition coefficient (Wildman–Crippen LogP) is 4.68. The summed E-state index contributed by atoms with van der Waals surface area (Å²) < 4.78 is 0. The standard InChI is InChI=1S/C23H22O/c1-20(2)18-14-15-21(3)22(18,16-10-6-4-7-11-16)23(21,19(20)24)17-12-8-5-9-13-17/h4-15,18H,1-3H3. The van der Waals surface area contributed by atoms with Crippen LogP contribution < -0.4 is 0 Å². The van der Waals surface area contributed by atoms with Crippen LogP contribution in [0.3, 0.4) is 0 Å². The minimum absolute atomic E-state index is 0.125. The smallest absolute Gasteiger partial charge is 0.151 e. The van der Waals surface area contributed by atoms with E-state index in [1.807, 2.05) is 6.07 Å². The van der Waals surface area contributed by atoms with Gasteiger partial charge in [0.1, 0.15) is 0 Å². The Balaban J connectivity index is 1.89. The number of Topliss-reactive ketones (excluding diaryl/α,β-unsaturated/α-hetero) is 1. The lowest BCUT2D eigenvalue weighted by Gasteiger charge is -2.32. The van der Waals surface area contributed by atoms with E-state index in [4.69, 9.17) is 0 Å². The topological polar surface area (TPSA) is 17.1 Å². The van der Waals surface area contributed by atoms with Crippen LogP contribution in [0.4, 0.5) is 0 Å². The van der Waals surface area contributed by atoms with Crippen LogP contribution in [0.15, 0.2) is 72.8 Å². The van der Waals surface area contributed by atoms with E-state index >= 15 is 0 Å². The van der Waals surface area contributed by atoms with Crippen LogP contribution in [0.5, 0.6) is 0 Å². The number of carbonyl (C=O) groups is 1. The van der Waals surface area contributed by atoms with Crippen molar-refractivity contribution in [3.8, 4) is 0 Å². The van der Waals surface area contributed by atoms with Gasteiger partial charge in [-0.2, -0.15) is 0 Å². The number of hydrogen-bond acceptors (Lipinski definition) is 1. The number of allylic oxidation sites excluding steroid dienone is 2. The summed E-state index contributed by atoms with van der Waals surface area (Å²) in [4.78, 5) is 13.8. The number of rotatable bonds is 2. The van der Waals surface area contributed by atoms with E-state index in [2.05, 4.69) is 87.5 Å². The van der Waals surface area contributed by atoms with Crippen LogP contribution in [-0.4, -0.2) is 5.78 Å². The fraction of sp³-hybridized carbons (Fsp3) is 0.348. The third kappa shape index (κ3) is 1.08. The average Bonchev–Trinajstić information content (AvgIpc) is 2.84. The fourth-order valence-electron chi connectivity index (χ4n) is 6.58. The van der Waals surface area contributed by atoms with Gasteiger partial charge in [-0.1, -0.05) is 93.6 Å². The van der Waals surface area contributed by atoms with E-state index in [1.54, 1.807) is 0 Å². The van der Waals surface area contributed by atoms with Gasteiger partial charge in [0.05, 0.1) is 5.41 Å². The summed E-state index contributed by atoms with van der Waals surface area (Å²) in [6.45, 7) is 6.56. The molecular formula is C23H22O. The Hall–Kier alpha value is -2.15. The second-order valence-electron chi connectivity index (χ2n) is 8.38. The Morgan fingerprint density at radius 1 is 0.792 bits per heavy atom. The maximum atomic E-state index is 13.8. The van der Waals surface area contributed by atoms with E-state index in [0.717, 1.165) is 0 Å². The average molecular weight is 314 g/mol. The van der Waals surface area contributed by atoms with Gasteiger partial charge in [0, 0.05) is 22.2 Å². The molecule has 1 heteroatoms. The van der Waals surface area contributed by atoms with Crippen molar-refractivity contribution in [3.63, 3.8) is 0 Å². The summed E-state index contributed by atoms with van der Waals surface area (Å²) in [7, 11) is 0. The zero-order valence-electron chi connectivity index (χ0n) is 14.4. The van der Waals surface area contributed by atoms with Crippen LogP contribution >= 0.6 is 0 Å². The Labute approximate surface area is 143 Å². The van der Waals surface area contributed by atoms with Crippen molar-refractivity contribution in [2.24, 2.45) is 16.7 Å². The normalized spacial score (nSPS) is 40.6.